The zero-order chi connectivity index (χ0) is 10.8. The Morgan fingerprint density at radius 2 is 2.25 bits per heavy atom. The van der Waals surface area contributed by atoms with E-state index in [1.54, 1.807) is 12.5 Å². The van der Waals surface area contributed by atoms with Gasteiger partial charge < -0.3 is 9.73 Å². The van der Waals surface area contributed by atoms with Crippen LogP contribution in [0.25, 0.3) is 11.0 Å². The van der Waals surface area contributed by atoms with Crippen molar-refractivity contribution < 1.29 is 4.42 Å². The van der Waals surface area contributed by atoms with E-state index in [9.17, 15) is 0 Å². The highest BCUT2D eigenvalue weighted by Crippen LogP contribution is 2.21. The zero-order valence-corrected chi connectivity index (χ0v) is 8.60. The zero-order valence-electron chi connectivity index (χ0n) is 8.60. The van der Waals surface area contributed by atoms with Crippen LogP contribution in [0.1, 0.15) is 5.56 Å². The highest BCUT2D eigenvalue weighted by Gasteiger charge is 2.04. The number of nitrogens with zero attached hydrogens (tertiary/aromatic N) is 1. The first-order chi connectivity index (χ1) is 7.93. The second-order valence-electron chi connectivity index (χ2n) is 3.60. The Labute approximate surface area is 92.3 Å². The van der Waals surface area contributed by atoms with Crippen LogP contribution in [0, 0.1) is 0 Å². The summed E-state index contributed by atoms with van der Waals surface area (Å²) in [5.41, 5.74) is 3.05. The van der Waals surface area contributed by atoms with E-state index < -0.39 is 0 Å². The number of nitrogens with one attached hydrogen (secondary N) is 2. The lowest BCUT2D eigenvalue weighted by molar-refractivity contribution is 0.611. The van der Waals surface area contributed by atoms with Crippen molar-refractivity contribution in [3.8, 4) is 0 Å². The van der Waals surface area contributed by atoms with E-state index in [0.717, 1.165) is 28.8 Å². The maximum atomic E-state index is 5.46. The van der Waals surface area contributed by atoms with Crippen molar-refractivity contribution in [1.29, 1.82) is 0 Å². The van der Waals surface area contributed by atoms with Gasteiger partial charge in [-0.3, -0.25) is 5.10 Å². The Hall–Kier alpha value is -2.23. The minimum Gasteiger partial charge on any atom is -0.464 e. The van der Waals surface area contributed by atoms with Crippen molar-refractivity contribution in [3.05, 3.63) is 48.5 Å². The first-order valence-corrected chi connectivity index (χ1v) is 5.11. The van der Waals surface area contributed by atoms with Crippen molar-refractivity contribution >= 4 is 16.7 Å². The predicted octanol–water partition coefficient (Wildman–Crippen LogP) is 2.77. The molecule has 0 aliphatic carbocycles. The summed E-state index contributed by atoms with van der Waals surface area (Å²) >= 11 is 0. The molecule has 0 radical (unpaired) electrons. The second-order valence-corrected chi connectivity index (χ2v) is 3.60. The minimum absolute atomic E-state index is 0.733. The molecule has 2 N–H and O–H groups in total. The summed E-state index contributed by atoms with van der Waals surface area (Å²) in [4.78, 5) is 0. The van der Waals surface area contributed by atoms with Crippen LogP contribution >= 0.6 is 0 Å². The molecule has 2 heterocycles. The molecule has 0 fully saturated rings. The van der Waals surface area contributed by atoms with Crippen molar-refractivity contribution in [2.45, 2.75) is 6.54 Å². The highest BCUT2D eigenvalue weighted by molar-refractivity contribution is 5.81. The number of aromatic amines is 1. The number of anilines is 1. The molecule has 0 spiro atoms. The Balaban J connectivity index is 1.84. The number of rotatable bonds is 3. The fourth-order valence-electron chi connectivity index (χ4n) is 1.71. The van der Waals surface area contributed by atoms with Gasteiger partial charge in [-0.05, 0) is 6.07 Å². The van der Waals surface area contributed by atoms with E-state index in [2.05, 4.69) is 21.6 Å². The lowest BCUT2D eigenvalue weighted by Crippen LogP contribution is -1.96. The highest BCUT2D eigenvalue weighted by atomic mass is 16.3. The molecule has 0 saturated heterocycles. The summed E-state index contributed by atoms with van der Waals surface area (Å²) in [7, 11) is 0. The first-order valence-electron chi connectivity index (χ1n) is 5.11. The van der Waals surface area contributed by atoms with Crippen LogP contribution in [0.4, 0.5) is 5.69 Å². The summed E-state index contributed by atoms with van der Waals surface area (Å²) in [5.74, 6) is 0. The third-order valence-corrected chi connectivity index (χ3v) is 2.54. The minimum atomic E-state index is 0.733. The molecule has 0 saturated carbocycles. The molecule has 0 amide bonds. The summed E-state index contributed by atoms with van der Waals surface area (Å²) in [5, 5.41) is 11.1. The Morgan fingerprint density at radius 1 is 1.31 bits per heavy atom. The summed E-state index contributed by atoms with van der Waals surface area (Å²) in [6.45, 7) is 0.733. The predicted molar refractivity (Wildman–Crippen MR) is 62.1 cm³/mol. The van der Waals surface area contributed by atoms with Crippen LogP contribution in [0.5, 0.6) is 0 Å². The van der Waals surface area contributed by atoms with Crippen molar-refractivity contribution in [3.63, 3.8) is 0 Å². The van der Waals surface area contributed by atoms with Gasteiger partial charge in [-0.25, -0.2) is 0 Å². The molecule has 0 atom stereocenters. The largest absolute Gasteiger partial charge is 0.464 e. The summed E-state index contributed by atoms with van der Waals surface area (Å²) in [6, 6.07) is 8.01. The topological polar surface area (TPSA) is 53.9 Å². The third kappa shape index (κ3) is 1.54. The SMILES string of the molecule is c1ccc2c(CNc3cn[nH]c3)coc2c1. The van der Waals surface area contributed by atoms with Gasteiger partial charge in [-0.2, -0.15) is 5.10 Å². The number of benzene rings is 1. The molecular formula is C12H11N3O. The molecule has 0 bridgehead atoms. The molecule has 0 unspecified atom stereocenters. The summed E-state index contributed by atoms with van der Waals surface area (Å²) in [6.07, 6.45) is 5.36. The van der Waals surface area contributed by atoms with Crippen molar-refractivity contribution in [2.24, 2.45) is 0 Å². The van der Waals surface area contributed by atoms with E-state index in [4.69, 9.17) is 4.42 Å². The molecule has 16 heavy (non-hydrogen) atoms. The van der Waals surface area contributed by atoms with Crippen LogP contribution < -0.4 is 5.32 Å². The van der Waals surface area contributed by atoms with Crippen LogP contribution in [-0.4, -0.2) is 10.2 Å². The quantitative estimate of drug-likeness (QED) is 0.703. The van der Waals surface area contributed by atoms with Gasteiger partial charge in [0.1, 0.15) is 5.58 Å². The average molecular weight is 213 g/mol. The smallest absolute Gasteiger partial charge is 0.134 e. The van der Waals surface area contributed by atoms with E-state index in [-0.39, 0.29) is 0 Å². The Kier molecular flexibility index (Phi) is 2.11. The molecule has 0 aliphatic heterocycles. The number of hydrogen-bond acceptors (Lipinski definition) is 3. The van der Waals surface area contributed by atoms with Crippen LogP contribution in [0.3, 0.4) is 0 Å². The molecule has 80 valence electrons. The molecule has 0 aliphatic rings. The van der Waals surface area contributed by atoms with Crippen molar-refractivity contribution in [1.82, 2.24) is 10.2 Å². The molecule has 2 aromatic heterocycles. The number of aromatic nitrogens is 2. The van der Waals surface area contributed by atoms with Gasteiger partial charge in [0, 0.05) is 23.7 Å². The number of para-hydroxylation sites is 1. The van der Waals surface area contributed by atoms with Gasteiger partial charge in [0.15, 0.2) is 0 Å². The fourth-order valence-corrected chi connectivity index (χ4v) is 1.71. The molecule has 1 aromatic carbocycles. The summed E-state index contributed by atoms with van der Waals surface area (Å²) < 4.78 is 5.46. The van der Waals surface area contributed by atoms with Gasteiger partial charge in [-0.15, -0.1) is 0 Å². The lowest BCUT2D eigenvalue weighted by atomic mass is 10.2. The second kappa shape index (κ2) is 3.73. The van der Waals surface area contributed by atoms with Gasteiger partial charge in [0.05, 0.1) is 18.1 Å². The third-order valence-electron chi connectivity index (χ3n) is 2.54. The maximum Gasteiger partial charge on any atom is 0.134 e. The Morgan fingerprint density at radius 3 is 3.12 bits per heavy atom. The van der Waals surface area contributed by atoms with Gasteiger partial charge >= 0.3 is 0 Å². The maximum absolute atomic E-state index is 5.46. The van der Waals surface area contributed by atoms with Gasteiger partial charge in [0.25, 0.3) is 0 Å². The molecule has 3 aromatic rings. The molecular weight excluding hydrogens is 202 g/mol. The monoisotopic (exact) mass is 213 g/mol. The average Bonchev–Trinajstić information content (AvgIpc) is 2.96. The van der Waals surface area contributed by atoms with E-state index in [1.807, 2.05) is 24.4 Å². The number of H-pyrrole nitrogens is 1. The molecule has 4 nitrogen and oxygen atoms in total. The van der Waals surface area contributed by atoms with Gasteiger partial charge in [-0.1, -0.05) is 18.2 Å². The normalized spacial score (nSPS) is 10.8. The standard InChI is InChI=1S/C12H11N3O/c1-2-4-12-11(3-1)9(8-16-12)5-13-10-6-14-15-7-10/h1-4,6-8,13H,5H2,(H,14,15). The Bertz CT molecular complexity index is 583. The molecule has 4 heteroatoms. The van der Waals surface area contributed by atoms with Gasteiger partial charge in [0.2, 0.25) is 0 Å². The van der Waals surface area contributed by atoms with E-state index in [0.29, 0.717) is 0 Å². The fraction of sp³-hybridized carbons (Fsp3) is 0.0833. The van der Waals surface area contributed by atoms with E-state index >= 15 is 0 Å². The first kappa shape index (κ1) is 9.03. The lowest BCUT2D eigenvalue weighted by Gasteiger charge is -2.00. The van der Waals surface area contributed by atoms with Crippen molar-refractivity contribution in [2.75, 3.05) is 5.32 Å². The number of furan rings is 1. The van der Waals surface area contributed by atoms with E-state index in [1.165, 1.54) is 0 Å². The molecule has 3 rings (SSSR count). The van der Waals surface area contributed by atoms with Crippen LogP contribution in [0.2, 0.25) is 0 Å². The van der Waals surface area contributed by atoms with Crippen LogP contribution in [-0.2, 0) is 6.54 Å². The number of hydrogen-bond donors (Lipinski definition) is 2. The number of fused-ring (bicyclic) bond motifs is 1. The van der Waals surface area contributed by atoms with Crippen LogP contribution in [0.15, 0.2) is 47.3 Å².